The quantitative estimate of drug-likeness (QED) is 0.530. The number of hydrogen-bond donors (Lipinski definition) is 1. The lowest BCUT2D eigenvalue weighted by atomic mass is 10.1. The zero-order valence-electron chi connectivity index (χ0n) is 18.4. The van der Waals surface area contributed by atoms with E-state index in [9.17, 15) is 13.2 Å². The molecule has 1 amide bonds. The Bertz CT molecular complexity index is 1300. The third-order valence-electron chi connectivity index (χ3n) is 5.14. The minimum atomic E-state index is -3.28. The van der Waals surface area contributed by atoms with E-state index in [1.165, 1.54) is 27.4 Å². The average Bonchev–Trinajstić information content (AvgIpc) is 3.29. The van der Waals surface area contributed by atoms with E-state index in [1.54, 1.807) is 22.9 Å². The van der Waals surface area contributed by atoms with E-state index >= 15 is 0 Å². The SMILES string of the molecule is COc1cc(C=CC(=O)Nc2c3c(nn2-c2ccccc2)CS(=O)(=O)C3)cc(OC)c1OC. The molecule has 172 valence electrons. The topological polar surface area (TPSA) is 109 Å². The second-order valence-corrected chi connectivity index (χ2v) is 9.40. The number of fused-ring (bicyclic) bond motifs is 1. The first-order chi connectivity index (χ1) is 15.8. The molecular weight excluding hydrogens is 446 g/mol. The number of nitrogens with one attached hydrogen (secondary N) is 1. The second kappa shape index (κ2) is 8.99. The van der Waals surface area contributed by atoms with E-state index in [0.29, 0.717) is 45.6 Å². The highest BCUT2D eigenvalue weighted by Gasteiger charge is 2.33. The van der Waals surface area contributed by atoms with E-state index in [4.69, 9.17) is 14.2 Å². The van der Waals surface area contributed by atoms with Gasteiger partial charge in [0.15, 0.2) is 21.3 Å². The van der Waals surface area contributed by atoms with Gasteiger partial charge in [-0.05, 0) is 35.9 Å². The van der Waals surface area contributed by atoms with Crippen LogP contribution >= 0.6 is 0 Å². The molecule has 0 atom stereocenters. The molecule has 9 nitrogen and oxygen atoms in total. The molecule has 2 aromatic carbocycles. The van der Waals surface area contributed by atoms with Gasteiger partial charge < -0.3 is 19.5 Å². The highest BCUT2D eigenvalue weighted by molar-refractivity contribution is 7.90. The highest BCUT2D eigenvalue weighted by atomic mass is 32.2. The Labute approximate surface area is 191 Å². The summed E-state index contributed by atoms with van der Waals surface area (Å²) in [5, 5.41) is 7.24. The molecular formula is C23H23N3O6S. The molecule has 0 saturated heterocycles. The molecule has 1 aliphatic heterocycles. The van der Waals surface area contributed by atoms with Crippen molar-refractivity contribution in [1.82, 2.24) is 9.78 Å². The van der Waals surface area contributed by atoms with Gasteiger partial charge >= 0.3 is 0 Å². The molecule has 4 rings (SSSR count). The third-order valence-corrected chi connectivity index (χ3v) is 6.59. The largest absolute Gasteiger partial charge is 0.493 e. The van der Waals surface area contributed by atoms with Gasteiger partial charge in [-0.3, -0.25) is 4.79 Å². The fourth-order valence-electron chi connectivity index (χ4n) is 3.65. The van der Waals surface area contributed by atoms with Crippen molar-refractivity contribution in [1.29, 1.82) is 0 Å². The first kappa shape index (κ1) is 22.4. The summed E-state index contributed by atoms with van der Waals surface area (Å²) in [5.74, 6) is 0.965. The first-order valence-electron chi connectivity index (χ1n) is 10.0. The molecule has 3 aromatic rings. The summed E-state index contributed by atoms with van der Waals surface area (Å²) in [7, 11) is 1.25. The smallest absolute Gasteiger partial charge is 0.249 e. The van der Waals surface area contributed by atoms with Crippen LogP contribution in [0, 0.1) is 0 Å². The molecule has 0 bridgehead atoms. The Morgan fingerprint density at radius 2 is 1.70 bits per heavy atom. The minimum Gasteiger partial charge on any atom is -0.493 e. The Morgan fingerprint density at radius 1 is 1.03 bits per heavy atom. The number of benzene rings is 2. The van der Waals surface area contributed by atoms with Gasteiger partial charge in [-0.15, -0.1) is 0 Å². The monoisotopic (exact) mass is 469 g/mol. The number of hydrogen-bond acceptors (Lipinski definition) is 7. The molecule has 0 spiro atoms. The van der Waals surface area contributed by atoms with Gasteiger partial charge in [0.2, 0.25) is 11.7 Å². The molecule has 0 fully saturated rings. The normalized spacial score (nSPS) is 14.2. The van der Waals surface area contributed by atoms with Crippen LogP contribution in [0.5, 0.6) is 17.2 Å². The number of para-hydroxylation sites is 1. The van der Waals surface area contributed by atoms with Crippen molar-refractivity contribution in [2.45, 2.75) is 11.5 Å². The van der Waals surface area contributed by atoms with Gasteiger partial charge in [0, 0.05) is 11.6 Å². The first-order valence-corrected chi connectivity index (χ1v) is 11.8. The van der Waals surface area contributed by atoms with Gasteiger partial charge in [-0.1, -0.05) is 18.2 Å². The molecule has 0 saturated carbocycles. The lowest BCUT2D eigenvalue weighted by Crippen LogP contribution is -2.14. The fourth-order valence-corrected chi connectivity index (χ4v) is 5.15. The van der Waals surface area contributed by atoms with Gasteiger partial charge in [0.05, 0.1) is 44.2 Å². The standard InChI is InChI=1S/C23H23N3O6S/c1-30-19-11-15(12-20(31-2)22(19)32-3)9-10-21(27)24-23-17-13-33(28,29)14-18(17)25-26(23)16-7-5-4-6-8-16/h4-12H,13-14H2,1-3H3,(H,24,27). The lowest BCUT2D eigenvalue weighted by molar-refractivity contribution is -0.111. The molecule has 1 aromatic heterocycles. The molecule has 0 aliphatic carbocycles. The van der Waals surface area contributed by atoms with Crippen LogP contribution in [0.15, 0.2) is 48.5 Å². The number of carbonyl (C=O) groups is 1. The number of rotatable bonds is 7. The number of carbonyl (C=O) groups excluding carboxylic acids is 1. The zero-order chi connectivity index (χ0) is 23.6. The molecule has 1 aliphatic rings. The Morgan fingerprint density at radius 3 is 2.30 bits per heavy atom. The number of amides is 1. The van der Waals surface area contributed by atoms with Gasteiger partial charge in [0.25, 0.3) is 0 Å². The third kappa shape index (κ3) is 4.56. The number of aromatic nitrogens is 2. The summed E-state index contributed by atoms with van der Waals surface area (Å²) in [6, 6.07) is 12.6. The van der Waals surface area contributed by atoms with Gasteiger partial charge in [-0.25, -0.2) is 13.1 Å². The van der Waals surface area contributed by atoms with Crippen LogP contribution < -0.4 is 19.5 Å². The second-order valence-electron chi connectivity index (χ2n) is 7.33. The summed E-state index contributed by atoms with van der Waals surface area (Å²) in [5.41, 5.74) is 2.33. The Balaban J connectivity index is 1.64. The Hall–Kier alpha value is -3.79. The molecule has 33 heavy (non-hydrogen) atoms. The number of ether oxygens (including phenoxy) is 3. The summed E-state index contributed by atoms with van der Waals surface area (Å²) < 4.78 is 41.8. The number of sulfone groups is 1. The van der Waals surface area contributed by atoms with Crippen LogP contribution in [0.4, 0.5) is 5.82 Å². The highest BCUT2D eigenvalue weighted by Crippen LogP contribution is 2.38. The maximum Gasteiger partial charge on any atom is 0.249 e. The predicted molar refractivity (Wildman–Crippen MR) is 124 cm³/mol. The predicted octanol–water partition coefficient (Wildman–Crippen LogP) is 2.98. The van der Waals surface area contributed by atoms with E-state index < -0.39 is 15.7 Å². The summed E-state index contributed by atoms with van der Waals surface area (Å²) in [6.07, 6.45) is 2.94. The van der Waals surface area contributed by atoms with Crippen molar-refractivity contribution in [3.8, 4) is 22.9 Å². The molecule has 1 N–H and O–H groups in total. The fraction of sp³-hybridized carbons (Fsp3) is 0.217. The van der Waals surface area contributed by atoms with Gasteiger partial charge in [-0.2, -0.15) is 5.10 Å². The number of methoxy groups -OCH3 is 3. The van der Waals surface area contributed by atoms with Crippen molar-refractivity contribution >= 4 is 27.6 Å². The van der Waals surface area contributed by atoms with Crippen LogP contribution in [0.3, 0.4) is 0 Å². The maximum atomic E-state index is 12.8. The van der Waals surface area contributed by atoms with E-state index in [-0.39, 0.29) is 11.5 Å². The Kier molecular flexibility index (Phi) is 6.10. The van der Waals surface area contributed by atoms with Crippen LogP contribution in [-0.4, -0.2) is 45.4 Å². The van der Waals surface area contributed by atoms with Crippen LogP contribution in [0.1, 0.15) is 16.8 Å². The van der Waals surface area contributed by atoms with Gasteiger partial charge in [0.1, 0.15) is 5.82 Å². The average molecular weight is 470 g/mol. The molecule has 0 unspecified atom stereocenters. The van der Waals surface area contributed by atoms with E-state index in [1.807, 2.05) is 30.3 Å². The van der Waals surface area contributed by atoms with Crippen molar-refractivity contribution in [2.75, 3.05) is 26.6 Å². The van der Waals surface area contributed by atoms with Crippen LogP contribution in [0.25, 0.3) is 11.8 Å². The zero-order valence-corrected chi connectivity index (χ0v) is 19.2. The van der Waals surface area contributed by atoms with E-state index in [2.05, 4.69) is 10.4 Å². The molecule has 0 radical (unpaired) electrons. The van der Waals surface area contributed by atoms with Crippen molar-refractivity contribution in [3.63, 3.8) is 0 Å². The summed E-state index contributed by atoms with van der Waals surface area (Å²) in [6.45, 7) is 0. The molecule has 10 heteroatoms. The number of nitrogens with zero attached hydrogens (tertiary/aromatic N) is 2. The van der Waals surface area contributed by atoms with Crippen LogP contribution in [-0.2, 0) is 26.1 Å². The lowest BCUT2D eigenvalue weighted by Gasteiger charge is -2.13. The minimum absolute atomic E-state index is 0.147. The van der Waals surface area contributed by atoms with E-state index in [0.717, 1.165) is 0 Å². The van der Waals surface area contributed by atoms with Crippen molar-refractivity contribution < 1.29 is 27.4 Å². The summed E-state index contributed by atoms with van der Waals surface area (Å²) >= 11 is 0. The van der Waals surface area contributed by atoms with Crippen molar-refractivity contribution in [2.24, 2.45) is 0 Å². The van der Waals surface area contributed by atoms with Crippen LogP contribution in [0.2, 0.25) is 0 Å². The molecule has 2 heterocycles. The number of anilines is 1. The summed E-state index contributed by atoms with van der Waals surface area (Å²) in [4.78, 5) is 12.8. The van der Waals surface area contributed by atoms with Crippen molar-refractivity contribution in [3.05, 3.63) is 65.4 Å². The maximum absolute atomic E-state index is 12.8.